The lowest BCUT2D eigenvalue weighted by atomic mass is 10.1. The SMILES string of the molecule is CC(=O)Oc1cc(C(=O)O)cc2oc(C(C)C)cc(=O)c12.CC(=O)Oc1cc(CO)cc2oc(C(C)C)cc(=O)c12. The summed E-state index contributed by atoms with van der Waals surface area (Å²) in [6, 6.07) is 8.15. The van der Waals surface area contributed by atoms with E-state index in [1.54, 1.807) is 6.07 Å². The number of ether oxygens (including phenoxy) is 2. The van der Waals surface area contributed by atoms with Crippen LogP contribution in [-0.2, 0) is 16.2 Å². The number of carbonyl (C=O) groups excluding carboxylic acids is 2. The summed E-state index contributed by atoms with van der Waals surface area (Å²) < 4.78 is 21.2. The Morgan fingerprint density at radius 3 is 1.56 bits per heavy atom. The van der Waals surface area contributed by atoms with Crippen LogP contribution in [0.25, 0.3) is 21.9 Å². The largest absolute Gasteiger partial charge is 0.478 e. The maximum Gasteiger partial charge on any atom is 0.335 e. The molecule has 0 aliphatic heterocycles. The third-order valence-corrected chi connectivity index (χ3v) is 5.76. The minimum atomic E-state index is -1.21. The number of aromatic carboxylic acids is 1. The van der Waals surface area contributed by atoms with Crippen LogP contribution < -0.4 is 20.3 Å². The number of carboxylic acid groups (broad SMARTS) is 1. The Labute approximate surface area is 233 Å². The molecule has 11 heteroatoms. The number of carbonyl (C=O) groups is 3. The number of aliphatic hydroxyl groups excluding tert-OH is 1. The molecule has 0 fully saturated rings. The summed E-state index contributed by atoms with van der Waals surface area (Å²) in [4.78, 5) is 57.8. The van der Waals surface area contributed by atoms with Crippen LogP contribution in [0.4, 0.5) is 0 Å². The van der Waals surface area contributed by atoms with E-state index in [2.05, 4.69) is 0 Å². The van der Waals surface area contributed by atoms with Gasteiger partial charge in [-0.3, -0.25) is 19.2 Å². The number of esters is 2. The fraction of sp³-hybridized carbons (Fsp3) is 0.300. The zero-order chi connectivity index (χ0) is 30.6. The highest BCUT2D eigenvalue weighted by molar-refractivity contribution is 5.96. The molecular formula is C30H30O11. The van der Waals surface area contributed by atoms with Crippen molar-refractivity contribution in [1.82, 2.24) is 0 Å². The number of hydrogen-bond acceptors (Lipinski definition) is 10. The van der Waals surface area contributed by atoms with E-state index < -0.39 is 17.9 Å². The van der Waals surface area contributed by atoms with Gasteiger partial charge in [0.25, 0.3) is 0 Å². The van der Waals surface area contributed by atoms with Gasteiger partial charge in [-0.15, -0.1) is 0 Å². The lowest BCUT2D eigenvalue weighted by molar-refractivity contribution is -0.132. The van der Waals surface area contributed by atoms with Gasteiger partial charge in [0.1, 0.15) is 45.0 Å². The second-order valence-corrected chi connectivity index (χ2v) is 9.80. The van der Waals surface area contributed by atoms with E-state index in [0.717, 1.165) is 6.07 Å². The minimum absolute atomic E-state index is 0.0345. The van der Waals surface area contributed by atoms with Crippen LogP contribution in [0.1, 0.15) is 80.8 Å². The van der Waals surface area contributed by atoms with Gasteiger partial charge in [-0.25, -0.2) is 4.79 Å². The zero-order valence-corrected chi connectivity index (χ0v) is 23.4. The normalized spacial score (nSPS) is 11.0. The molecule has 216 valence electrons. The predicted molar refractivity (Wildman–Crippen MR) is 149 cm³/mol. The van der Waals surface area contributed by atoms with Crippen LogP contribution in [0, 0.1) is 0 Å². The maximum absolute atomic E-state index is 12.2. The number of benzene rings is 2. The molecule has 0 atom stereocenters. The molecule has 0 aliphatic carbocycles. The average Bonchev–Trinajstić information content (AvgIpc) is 2.87. The molecule has 2 N–H and O–H groups in total. The summed E-state index contributed by atoms with van der Waals surface area (Å²) in [6.07, 6.45) is 0. The molecule has 0 bridgehead atoms. The van der Waals surface area contributed by atoms with Gasteiger partial charge in [-0.1, -0.05) is 27.7 Å². The van der Waals surface area contributed by atoms with Gasteiger partial charge in [0.15, 0.2) is 10.9 Å². The molecule has 0 radical (unpaired) electrons. The third kappa shape index (κ3) is 7.25. The van der Waals surface area contributed by atoms with Crippen LogP contribution in [0.15, 0.2) is 54.8 Å². The molecule has 0 amide bonds. The quantitative estimate of drug-likeness (QED) is 0.241. The number of hydrogen-bond donors (Lipinski definition) is 2. The zero-order valence-electron chi connectivity index (χ0n) is 23.4. The van der Waals surface area contributed by atoms with Gasteiger partial charge < -0.3 is 28.5 Å². The molecule has 11 nitrogen and oxygen atoms in total. The van der Waals surface area contributed by atoms with E-state index in [-0.39, 0.29) is 62.7 Å². The minimum Gasteiger partial charge on any atom is -0.478 e. The van der Waals surface area contributed by atoms with E-state index in [0.29, 0.717) is 22.7 Å². The summed E-state index contributed by atoms with van der Waals surface area (Å²) in [6.45, 7) is 9.70. The van der Waals surface area contributed by atoms with Crippen molar-refractivity contribution in [1.29, 1.82) is 0 Å². The molecule has 4 rings (SSSR count). The van der Waals surface area contributed by atoms with Gasteiger partial charge in [0.2, 0.25) is 0 Å². The predicted octanol–water partition coefficient (Wildman–Crippen LogP) is 4.87. The van der Waals surface area contributed by atoms with E-state index >= 15 is 0 Å². The first-order chi connectivity index (χ1) is 19.2. The van der Waals surface area contributed by atoms with Crippen LogP contribution >= 0.6 is 0 Å². The first-order valence-electron chi connectivity index (χ1n) is 12.6. The number of rotatable bonds is 6. The Morgan fingerprint density at radius 2 is 1.17 bits per heavy atom. The van der Waals surface area contributed by atoms with Crippen molar-refractivity contribution in [2.75, 3.05) is 0 Å². The lowest BCUT2D eigenvalue weighted by Crippen LogP contribution is -2.10. The van der Waals surface area contributed by atoms with Crippen molar-refractivity contribution in [2.24, 2.45) is 0 Å². The summed E-state index contributed by atoms with van der Waals surface area (Å²) in [5.41, 5.74) is 0.135. The van der Waals surface area contributed by atoms with E-state index in [1.165, 1.54) is 38.1 Å². The molecule has 0 unspecified atom stereocenters. The first-order valence-corrected chi connectivity index (χ1v) is 12.6. The molecule has 0 saturated carbocycles. The molecule has 2 aromatic carbocycles. The van der Waals surface area contributed by atoms with Crippen molar-refractivity contribution in [3.05, 3.63) is 79.5 Å². The third-order valence-electron chi connectivity index (χ3n) is 5.76. The topological polar surface area (TPSA) is 171 Å². The molecule has 4 aromatic rings. The summed E-state index contributed by atoms with van der Waals surface area (Å²) in [5.74, 6) is -1.38. The smallest absolute Gasteiger partial charge is 0.335 e. The maximum atomic E-state index is 12.2. The van der Waals surface area contributed by atoms with Crippen LogP contribution in [-0.4, -0.2) is 28.1 Å². The summed E-state index contributed by atoms with van der Waals surface area (Å²) in [5, 5.41) is 18.6. The lowest BCUT2D eigenvalue weighted by Gasteiger charge is -2.10. The number of aliphatic hydroxyl groups is 1. The molecule has 0 aliphatic rings. The van der Waals surface area contributed by atoms with Crippen LogP contribution in [0.3, 0.4) is 0 Å². The van der Waals surface area contributed by atoms with Crippen molar-refractivity contribution in [3.8, 4) is 11.5 Å². The number of fused-ring (bicyclic) bond motifs is 2. The van der Waals surface area contributed by atoms with Gasteiger partial charge >= 0.3 is 17.9 Å². The molecule has 0 saturated heterocycles. The standard InChI is InChI=1S/C15H14O6.C15H16O5/c1-7(2)11-6-10(17)14-12(20-8(3)16)4-9(15(18)19)5-13(14)21-11;1-8(2)12-6-11(18)15-13(19-9(3)17)4-10(7-16)5-14(15)20-12/h4-7H,1-3H3,(H,18,19);4-6,8,16H,7H2,1-3H3. The molecule has 2 heterocycles. The van der Waals surface area contributed by atoms with Gasteiger partial charge in [-0.2, -0.15) is 0 Å². The van der Waals surface area contributed by atoms with Gasteiger partial charge in [0, 0.05) is 37.8 Å². The fourth-order valence-electron chi connectivity index (χ4n) is 3.85. The van der Waals surface area contributed by atoms with Gasteiger partial charge in [-0.05, 0) is 29.8 Å². The Bertz CT molecular complexity index is 1760. The Hall–Kier alpha value is -4.77. The highest BCUT2D eigenvalue weighted by Gasteiger charge is 2.18. The van der Waals surface area contributed by atoms with E-state index in [1.807, 2.05) is 27.7 Å². The molecule has 41 heavy (non-hydrogen) atoms. The second-order valence-electron chi connectivity index (χ2n) is 9.80. The molecular weight excluding hydrogens is 536 g/mol. The van der Waals surface area contributed by atoms with Crippen molar-refractivity contribution in [3.63, 3.8) is 0 Å². The number of carboxylic acids is 1. The van der Waals surface area contributed by atoms with Crippen molar-refractivity contribution < 1.29 is 42.9 Å². The van der Waals surface area contributed by atoms with Crippen molar-refractivity contribution >= 4 is 39.8 Å². The average molecular weight is 567 g/mol. The summed E-state index contributed by atoms with van der Waals surface area (Å²) >= 11 is 0. The van der Waals surface area contributed by atoms with Gasteiger partial charge in [0.05, 0.1) is 12.2 Å². The van der Waals surface area contributed by atoms with E-state index in [9.17, 15) is 29.1 Å². The van der Waals surface area contributed by atoms with Crippen molar-refractivity contribution in [2.45, 2.75) is 60.0 Å². The first kappa shape index (κ1) is 30.8. The molecule has 2 aromatic heterocycles. The second kappa shape index (κ2) is 12.6. The molecule has 0 spiro atoms. The highest BCUT2D eigenvalue weighted by Crippen LogP contribution is 2.29. The Morgan fingerprint density at radius 1 is 0.732 bits per heavy atom. The Balaban J connectivity index is 0.000000226. The monoisotopic (exact) mass is 566 g/mol. The fourth-order valence-corrected chi connectivity index (χ4v) is 3.85. The van der Waals surface area contributed by atoms with E-state index in [4.69, 9.17) is 23.4 Å². The summed E-state index contributed by atoms with van der Waals surface area (Å²) in [7, 11) is 0. The van der Waals surface area contributed by atoms with Crippen LogP contribution in [0.5, 0.6) is 11.5 Å². The Kier molecular flexibility index (Phi) is 9.46. The van der Waals surface area contributed by atoms with Crippen LogP contribution in [0.2, 0.25) is 0 Å². The highest BCUT2D eigenvalue weighted by atomic mass is 16.5.